The topological polar surface area (TPSA) is 50.7 Å². The van der Waals surface area contributed by atoms with Crippen LogP contribution in [0.15, 0.2) is 18.2 Å². The van der Waals surface area contributed by atoms with Crippen molar-refractivity contribution in [2.24, 2.45) is 0 Å². The van der Waals surface area contributed by atoms with Crippen LogP contribution in [0.3, 0.4) is 0 Å². The predicted molar refractivity (Wildman–Crippen MR) is 87.2 cm³/mol. The number of ether oxygens (including phenoxy) is 2. The van der Waals surface area contributed by atoms with Crippen LogP contribution in [0.1, 0.15) is 38.2 Å². The van der Waals surface area contributed by atoms with Crippen molar-refractivity contribution in [3.05, 3.63) is 23.8 Å². The third-order valence-electron chi connectivity index (χ3n) is 3.34. The SMILES string of the molecule is CCCCCCOCC(O)CNc1cc(C)ccc1OC. The second-order valence-corrected chi connectivity index (χ2v) is 5.37. The Morgan fingerprint density at radius 3 is 2.76 bits per heavy atom. The number of rotatable bonds is 11. The molecule has 0 radical (unpaired) electrons. The minimum atomic E-state index is -0.513. The van der Waals surface area contributed by atoms with Crippen molar-refractivity contribution in [1.29, 1.82) is 0 Å². The molecular weight excluding hydrogens is 266 g/mol. The molecule has 0 bridgehead atoms. The lowest BCUT2D eigenvalue weighted by Crippen LogP contribution is -2.25. The summed E-state index contributed by atoms with van der Waals surface area (Å²) in [6.07, 6.45) is 4.23. The van der Waals surface area contributed by atoms with E-state index in [1.54, 1.807) is 7.11 Å². The van der Waals surface area contributed by atoms with Gasteiger partial charge in [0.05, 0.1) is 25.5 Å². The highest BCUT2D eigenvalue weighted by Gasteiger charge is 2.07. The van der Waals surface area contributed by atoms with Gasteiger partial charge in [-0.25, -0.2) is 0 Å². The van der Waals surface area contributed by atoms with Gasteiger partial charge >= 0.3 is 0 Å². The summed E-state index contributed by atoms with van der Waals surface area (Å²) in [5, 5.41) is 13.1. The molecule has 2 N–H and O–H groups in total. The molecule has 0 aliphatic carbocycles. The fraction of sp³-hybridized carbons (Fsp3) is 0.647. The van der Waals surface area contributed by atoms with E-state index in [1.807, 2.05) is 25.1 Å². The number of unbranched alkanes of at least 4 members (excludes halogenated alkanes) is 3. The number of methoxy groups -OCH3 is 1. The normalized spacial score (nSPS) is 12.2. The third-order valence-corrected chi connectivity index (χ3v) is 3.34. The van der Waals surface area contributed by atoms with Crippen LogP contribution in [-0.2, 0) is 4.74 Å². The zero-order valence-electron chi connectivity index (χ0n) is 13.5. The number of anilines is 1. The van der Waals surface area contributed by atoms with Crippen LogP contribution in [-0.4, -0.2) is 38.1 Å². The number of hydrogen-bond acceptors (Lipinski definition) is 4. The summed E-state index contributed by atoms with van der Waals surface area (Å²) < 4.78 is 10.8. The maximum absolute atomic E-state index is 9.92. The van der Waals surface area contributed by atoms with Crippen molar-refractivity contribution in [3.8, 4) is 5.75 Å². The summed E-state index contributed by atoms with van der Waals surface area (Å²) >= 11 is 0. The van der Waals surface area contributed by atoms with Gasteiger partial charge in [-0.05, 0) is 31.0 Å². The minimum Gasteiger partial charge on any atom is -0.495 e. The molecule has 0 spiro atoms. The Balaban J connectivity index is 2.23. The third kappa shape index (κ3) is 7.34. The van der Waals surface area contributed by atoms with Gasteiger partial charge in [0.2, 0.25) is 0 Å². The molecule has 1 aromatic carbocycles. The Hall–Kier alpha value is -1.26. The molecule has 0 amide bonds. The van der Waals surface area contributed by atoms with Crippen molar-refractivity contribution in [2.75, 3.05) is 32.2 Å². The average Bonchev–Trinajstić information content (AvgIpc) is 2.49. The lowest BCUT2D eigenvalue weighted by atomic mass is 10.2. The Kier molecular flexibility index (Phi) is 8.87. The van der Waals surface area contributed by atoms with Gasteiger partial charge in [0, 0.05) is 13.2 Å². The zero-order chi connectivity index (χ0) is 15.5. The standard InChI is InChI=1S/C17H29NO3/c1-4-5-6-7-10-21-13-15(19)12-18-16-11-14(2)8-9-17(16)20-3/h8-9,11,15,18-19H,4-7,10,12-13H2,1-3H3. The van der Waals surface area contributed by atoms with E-state index in [2.05, 4.69) is 12.2 Å². The van der Waals surface area contributed by atoms with E-state index in [-0.39, 0.29) is 0 Å². The minimum absolute atomic E-state index is 0.368. The molecule has 4 nitrogen and oxygen atoms in total. The van der Waals surface area contributed by atoms with Crippen LogP contribution in [0.2, 0.25) is 0 Å². The summed E-state index contributed by atoms with van der Waals surface area (Å²) in [7, 11) is 1.64. The van der Waals surface area contributed by atoms with E-state index in [0.29, 0.717) is 13.2 Å². The summed E-state index contributed by atoms with van der Waals surface area (Å²) in [6.45, 7) is 5.77. The van der Waals surface area contributed by atoms with Crippen LogP contribution >= 0.6 is 0 Å². The van der Waals surface area contributed by atoms with Crippen LogP contribution in [0, 0.1) is 6.92 Å². The number of nitrogens with one attached hydrogen (secondary N) is 1. The zero-order valence-corrected chi connectivity index (χ0v) is 13.5. The molecule has 0 aliphatic rings. The van der Waals surface area contributed by atoms with E-state index in [1.165, 1.54) is 19.3 Å². The molecule has 21 heavy (non-hydrogen) atoms. The molecule has 4 heteroatoms. The highest BCUT2D eigenvalue weighted by Crippen LogP contribution is 2.24. The molecule has 120 valence electrons. The lowest BCUT2D eigenvalue weighted by molar-refractivity contribution is 0.0416. The van der Waals surface area contributed by atoms with Gasteiger partial charge in [0.15, 0.2) is 0 Å². The van der Waals surface area contributed by atoms with Crippen molar-refractivity contribution in [2.45, 2.75) is 45.6 Å². The molecule has 0 aliphatic heterocycles. The fourth-order valence-corrected chi connectivity index (χ4v) is 2.10. The van der Waals surface area contributed by atoms with Crippen LogP contribution in [0.5, 0.6) is 5.75 Å². The van der Waals surface area contributed by atoms with Crippen LogP contribution in [0.4, 0.5) is 5.69 Å². The number of aliphatic hydroxyl groups is 1. The molecule has 0 fully saturated rings. The first-order valence-electron chi connectivity index (χ1n) is 7.81. The molecule has 1 unspecified atom stereocenters. The van der Waals surface area contributed by atoms with Gasteiger partial charge in [-0.1, -0.05) is 32.3 Å². The predicted octanol–water partition coefficient (Wildman–Crippen LogP) is 3.37. The molecule has 1 rings (SSSR count). The average molecular weight is 295 g/mol. The summed E-state index contributed by atoms with van der Waals surface area (Å²) in [4.78, 5) is 0. The summed E-state index contributed by atoms with van der Waals surface area (Å²) in [5.41, 5.74) is 2.06. The maximum atomic E-state index is 9.92. The summed E-state index contributed by atoms with van der Waals surface area (Å²) in [5.74, 6) is 0.785. The first-order chi connectivity index (χ1) is 10.2. The van der Waals surface area contributed by atoms with Gasteiger partial charge < -0.3 is 19.9 Å². The van der Waals surface area contributed by atoms with Crippen molar-refractivity contribution >= 4 is 5.69 Å². The molecule has 0 aromatic heterocycles. The van der Waals surface area contributed by atoms with Gasteiger partial charge in [-0.15, -0.1) is 0 Å². The van der Waals surface area contributed by atoms with Crippen molar-refractivity contribution in [3.63, 3.8) is 0 Å². The van der Waals surface area contributed by atoms with E-state index in [9.17, 15) is 5.11 Å². The number of hydrogen-bond donors (Lipinski definition) is 2. The largest absolute Gasteiger partial charge is 0.495 e. The van der Waals surface area contributed by atoms with Gasteiger partial charge in [-0.2, -0.15) is 0 Å². The first kappa shape index (κ1) is 17.8. The van der Waals surface area contributed by atoms with Crippen molar-refractivity contribution < 1.29 is 14.6 Å². The molecule has 0 saturated heterocycles. The second-order valence-electron chi connectivity index (χ2n) is 5.37. The number of benzene rings is 1. The van der Waals surface area contributed by atoms with E-state index in [0.717, 1.165) is 30.0 Å². The monoisotopic (exact) mass is 295 g/mol. The highest BCUT2D eigenvalue weighted by atomic mass is 16.5. The van der Waals surface area contributed by atoms with Gasteiger partial charge in [0.1, 0.15) is 5.75 Å². The van der Waals surface area contributed by atoms with Gasteiger partial charge in [-0.3, -0.25) is 0 Å². The maximum Gasteiger partial charge on any atom is 0.141 e. The van der Waals surface area contributed by atoms with Gasteiger partial charge in [0.25, 0.3) is 0 Å². The lowest BCUT2D eigenvalue weighted by Gasteiger charge is -2.15. The van der Waals surface area contributed by atoms with E-state index < -0.39 is 6.10 Å². The smallest absolute Gasteiger partial charge is 0.141 e. The van der Waals surface area contributed by atoms with E-state index >= 15 is 0 Å². The Labute approximate surface area is 128 Å². The molecule has 0 saturated carbocycles. The highest BCUT2D eigenvalue weighted by molar-refractivity contribution is 5.58. The fourth-order valence-electron chi connectivity index (χ4n) is 2.10. The summed E-state index contributed by atoms with van der Waals surface area (Å²) in [6, 6.07) is 5.94. The Morgan fingerprint density at radius 1 is 1.24 bits per heavy atom. The molecule has 1 aromatic rings. The molecule has 0 heterocycles. The van der Waals surface area contributed by atoms with Crippen LogP contribution < -0.4 is 10.1 Å². The second kappa shape index (κ2) is 10.5. The first-order valence-corrected chi connectivity index (χ1v) is 7.81. The molecular formula is C17H29NO3. The number of aryl methyl sites for hydroxylation is 1. The number of aliphatic hydroxyl groups excluding tert-OH is 1. The Bertz CT molecular complexity index is 396. The quantitative estimate of drug-likeness (QED) is 0.615. The van der Waals surface area contributed by atoms with E-state index in [4.69, 9.17) is 9.47 Å². The van der Waals surface area contributed by atoms with Crippen LogP contribution in [0.25, 0.3) is 0 Å². The van der Waals surface area contributed by atoms with Crippen molar-refractivity contribution in [1.82, 2.24) is 0 Å². The Morgan fingerprint density at radius 2 is 2.05 bits per heavy atom. The molecule has 1 atom stereocenters.